The molecule has 1 nitrogen and oxygen atoms in total. The summed E-state index contributed by atoms with van der Waals surface area (Å²) in [6.07, 6.45) is 11.7. The maximum atomic E-state index is 3.81. The molecule has 0 heterocycles. The SMILES string of the molecule is C=N/C=C(\CC)C1=CC=CCC1. The van der Waals surface area contributed by atoms with Gasteiger partial charge in [0.25, 0.3) is 0 Å². The minimum atomic E-state index is 1.04. The van der Waals surface area contributed by atoms with Crippen LogP contribution in [0, 0.1) is 0 Å². The van der Waals surface area contributed by atoms with Crippen molar-refractivity contribution < 1.29 is 0 Å². The maximum Gasteiger partial charge on any atom is 0.0295 e. The van der Waals surface area contributed by atoms with Gasteiger partial charge < -0.3 is 0 Å². The van der Waals surface area contributed by atoms with E-state index in [2.05, 4.69) is 36.9 Å². The van der Waals surface area contributed by atoms with Crippen LogP contribution < -0.4 is 0 Å². The van der Waals surface area contributed by atoms with Crippen LogP contribution in [-0.2, 0) is 0 Å². The number of hydrogen-bond donors (Lipinski definition) is 0. The third kappa shape index (κ3) is 2.19. The molecule has 0 N–H and O–H groups in total. The summed E-state index contributed by atoms with van der Waals surface area (Å²) in [6.45, 7) is 5.62. The van der Waals surface area contributed by atoms with Crippen molar-refractivity contribution in [2.45, 2.75) is 26.2 Å². The topological polar surface area (TPSA) is 12.4 Å². The van der Waals surface area contributed by atoms with Gasteiger partial charge in [-0.05, 0) is 37.1 Å². The normalized spacial score (nSPS) is 17.4. The number of rotatable bonds is 3. The molecule has 0 fully saturated rings. The molecule has 0 bridgehead atoms. The smallest absolute Gasteiger partial charge is 0.0295 e. The van der Waals surface area contributed by atoms with E-state index in [1.165, 1.54) is 11.1 Å². The van der Waals surface area contributed by atoms with E-state index in [0.717, 1.165) is 19.3 Å². The third-order valence-corrected chi connectivity index (χ3v) is 2.05. The average Bonchev–Trinajstić information content (AvgIpc) is 2.15. The van der Waals surface area contributed by atoms with Gasteiger partial charge in [-0.2, -0.15) is 0 Å². The second-order valence-electron chi connectivity index (χ2n) is 2.85. The van der Waals surface area contributed by atoms with Crippen molar-refractivity contribution >= 4 is 6.72 Å². The number of aliphatic imine (C=N–C) groups is 1. The van der Waals surface area contributed by atoms with Gasteiger partial charge in [0.05, 0.1) is 0 Å². The summed E-state index contributed by atoms with van der Waals surface area (Å²) in [5, 5.41) is 0. The van der Waals surface area contributed by atoms with Crippen LogP contribution in [0.25, 0.3) is 0 Å². The molecule has 0 radical (unpaired) electrons. The van der Waals surface area contributed by atoms with Gasteiger partial charge in [-0.15, -0.1) is 0 Å². The summed E-state index contributed by atoms with van der Waals surface area (Å²) in [4.78, 5) is 3.81. The zero-order valence-corrected chi connectivity index (χ0v) is 7.59. The average molecular weight is 161 g/mol. The van der Waals surface area contributed by atoms with E-state index in [1.54, 1.807) is 0 Å². The standard InChI is InChI=1S/C11H15N/c1-3-10(9-12-2)11-7-5-4-6-8-11/h4-5,7,9H,2-3,6,8H2,1H3/b10-9+. The Morgan fingerprint density at radius 3 is 3.08 bits per heavy atom. The minimum Gasteiger partial charge on any atom is -0.272 e. The van der Waals surface area contributed by atoms with E-state index >= 15 is 0 Å². The highest BCUT2D eigenvalue weighted by Crippen LogP contribution is 2.22. The summed E-state index contributed by atoms with van der Waals surface area (Å²) < 4.78 is 0. The molecule has 0 unspecified atom stereocenters. The first-order valence-corrected chi connectivity index (χ1v) is 4.39. The van der Waals surface area contributed by atoms with Crippen LogP contribution in [0.15, 0.2) is 40.6 Å². The van der Waals surface area contributed by atoms with Crippen LogP contribution in [0.3, 0.4) is 0 Å². The molecule has 0 atom stereocenters. The molecule has 0 aromatic rings. The highest BCUT2D eigenvalue weighted by Gasteiger charge is 2.03. The Balaban J connectivity index is 2.77. The fourth-order valence-electron chi connectivity index (χ4n) is 1.38. The second-order valence-corrected chi connectivity index (χ2v) is 2.85. The number of nitrogens with zero attached hydrogens (tertiary/aromatic N) is 1. The van der Waals surface area contributed by atoms with Gasteiger partial charge in [-0.3, -0.25) is 4.99 Å². The lowest BCUT2D eigenvalue weighted by molar-refractivity contribution is 0.935. The Hall–Kier alpha value is -1.11. The predicted molar refractivity (Wildman–Crippen MR) is 54.4 cm³/mol. The maximum absolute atomic E-state index is 3.81. The van der Waals surface area contributed by atoms with E-state index in [9.17, 15) is 0 Å². The Labute approximate surface area is 74.2 Å². The van der Waals surface area contributed by atoms with E-state index in [1.807, 2.05) is 6.20 Å². The molecule has 1 rings (SSSR count). The van der Waals surface area contributed by atoms with Crippen molar-refractivity contribution in [3.8, 4) is 0 Å². The van der Waals surface area contributed by atoms with Gasteiger partial charge in [-0.25, -0.2) is 0 Å². The Morgan fingerprint density at radius 2 is 2.58 bits per heavy atom. The van der Waals surface area contributed by atoms with E-state index in [4.69, 9.17) is 0 Å². The van der Waals surface area contributed by atoms with Crippen molar-refractivity contribution in [2.75, 3.05) is 0 Å². The van der Waals surface area contributed by atoms with Crippen molar-refractivity contribution in [3.05, 3.63) is 35.6 Å². The van der Waals surface area contributed by atoms with Gasteiger partial charge in [0.15, 0.2) is 0 Å². The van der Waals surface area contributed by atoms with Crippen LogP contribution >= 0.6 is 0 Å². The lowest BCUT2D eigenvalue weighted by Gasteiger charge is -2.10. The van der Waals surface area contributed by atoms with Crippen LogP contribution in [0.2, 0.25) is 0 Å². The molecule has 0 spiro atoms. The fourth-order valence-corrected chi connectivity index (χ4v) is 1.38. The lowest BCUT2D eigenvalue weighted by atomic mass is 9.96. The lowest BCUT2D eigenvalue weighted by Crippen LogP contribution is -1.91. The van der Waals surface area contributed by atoms with Crippen LogP contribution in [0.4, 0.5) is 0 Å². The van der Waals surface area contributed by atoms with Crippen LogP contribution in [0.1, 0.15) is 26.2 Å². The van der Waals surface area contributed by atoms with E-state index in [-0.39, 0.29) is 0 Å². The summed E-state index contributed by atoms with van der Waals surface area (Å²) in [6, 6.07) is 0. The Morgan fingerprint density at radius 1 is 1.75 bits per heavy atom. The number of hydrogen-bond acceptors (Lipinski definition) is 1. The molecule has 0 saturated carbocycles. The highest BCUT2D eigenvalue weighted by molar-refractivity contribution is 5.37. The predicted octanol–water partition coefficient (Wildman–Crippen LogP) is 3.26. The molecule has 64 valence electrons. The molecule has 0 amide bonds. The molecule has 1 aliphatic carbocycles. The summed E-state index contributed by atoms with van der Waals surface area (Å²) in [7, 11) is 0. The van der Waals surface area contributed by atoms with Crippen molar-refractivity contribution in [2.24, 2.45) is 4.99 Å². The van der Waals surface area contributed by atoms with Crippen LogP contribution in [0.5, 0.6) is 0 Å². The van der Waals surface area contributed by atoms with Gasteiger partial charge in [-0.1, -0.05) is 25.2 Å². The minimum absolute atomic E-state index is 1.04. The van der Waals surface area contributed by atoms with E-state index < -0.39 is 0 Å². The van der Waals surface area contributed by atoms with Crippen molar-refractivity contribution in [1.82, 2.24) is 0 Å². The molecule has 12 heavy (non-hydrogen) atoms. The molecular weight excluding hydrogens is 146 g/mol. The Bertz CT molecular complexity index is 238. The van der Waals surface area contributed by atoms with Crippen molar-refractivity contribution in [1.29, 1.82) is 0 Å². The van der Waals surface area contributed by atoms with Crippen molar-refractivity contribution in [3.63, 3.8) is 0 Å². The first-order valence-electron chi connectivity index (χ1n) is 4.39. The quantitative estimate of drug-likeness (QED) is 0.563. The Kier molecular flexibility index (Phi) is 3.52. The summed E-state index contributed by atoms with van der Waals surface area (Å²) in [5.74, 6) is 0. The summed E-state index contributed by atoms with van der Waals surface area (Å²) >= 11 is 0. The van der Waals surface area contributed by atoms with Gasteiger partial charge >= 0.3 is 0 Å². The molecular formula is C11H15N. The van der Waals surface area contributed by atoms with Gasteiger partial charge in [0, 0.05) is 6.20 Å². The van der Waals surface area contributed by atoms with E-state index in [0.29, 0.717) is 0 Å². The molecule has 1 aliphatic rings. The summed E-state index contributed by atoms with van der Waals surface area (Å²) in [5.41, 5.74) is 2.72. The fraction of sp³-hybridized carbons (Fsp3) is 0.364. The van der Waals surface area contributed by atoms with Crippen LogP contribution in [-0.4, -0.2) is 6.72 Å². The first kappa shape index (κ1) is 8.98. The molecule has 0 saturated heterocycles. The van der Waals surface area contributed by atoms with Gasteiger partial charge in [0.2, 0.25) is 0 Å². The zero-order valence-electron chi connectivity index (χ0n) is 7.59. The number of allylic oxidation sites excluding steroid dienone is 5. The molecule has 0 aliphatic heterocycles. The molecule has 0 aromatic carbocycles. The zero-order chi connectivity index (χ0) is 8.81. The second kappa shape index (κ2) is 4.70. The largest absolute Gasteiger partial charge is 0.272 e. The molecule has 1 heteroatoms. The third-order valence-electron chi connectivity index (χ3n) is 2.05. The highest BCUT2D eigenvalue weighted by atomic mass is 14.6. The first-order chi connectivity index (χ1) is 5.88. The molecule has 0 aromatic heterocycles. The van der Waals surface area contributed by atoms with Gasteiger partial charge in [0.1, 0.15) is 0 Å². The monoisotopic (exact) mass is 161 g/mol.